The molecule has 0 bridgehead atoms. The summed E-state index contributed by atoms with van der Waals surface area (Å²) in [5.41, 5.74) is 0. The number of nitrogens with zero attached hydrogens (tertiary/aromatic N) is 1. The Hall–Kier alpha value is -0.380. The second-order valence-electron chi connectivity index (χ2n) is 4.50. The number of rotatable bonds is 7. The van der Waals surface area contributed by atoms with E-state index in [-0.39, 0.29) is 0 Å². The van der Waals surface area contributed by atoms with E-state index >= 15 is 0 Å². The molecule has 0 radical (unpaired) electrons. The van der Waals surface area contributed by atoms with Crippen molar-refractivity contribution in [2.24, 2.45) is 0 Å². The molecular formula is C13H24N2S. The van der Waals surface area contributed by atoms with Crippen LogP contribution in [0.4, 0.5) is 0 Å². The predicted molar refractivity (Wildman–Crippen MR) is 73.0 cm³/mol. The van der Waals surface area contributed by atoms with Gasteiger partial charge in [0.25, 0.3) is 0 Å². The Morgan fingerprint density at radius 1 is 1.38 bits per heavy atom. The summed E-state index contributed by atoms with van der Waals surface area (Å²) in [6.45, 7) is 12.2. The van der Waals surface area contributed by atoms with E-state index < -0.39 is 0 Å². The normalized spacial score (nSPS) is 13.6. The maximum Gasteiger partial charge on any atom is 0.0333 e. The minimum Gasteiger partial charge on any atom is -0.315 e. The molecule has 0 fully saturated rings. The largest absolute Gasteiger partial charge is 0.315 e. The van der Waals surface area contributed by atoms with Crippen LogP contribution < -0.4 is 5.32 Å². The van der Waals surface area contributed by atoms with E-state index in [4.69, 9.17) is 0 Å². The molecule has 0 saturated heterocycles. The monoisotopic (exact) mass is 240 g/mol. The molecule has 0 aliphatic rings. The second-order valence-corrected chi connectivity index (χ2v) is 5.53. The molecule has 3 heteroatoms. The van der Waals surface area contributed by atoms with Gasteiger partial charge in [-0.15, -0.1) is 11.3 Å². The molecule has 92 valence electrons. The fourth-order valence-corrected chi connectivity index (χ4v) is 2.61. The smallest absolute Gasteiger partial charge is 0.0333 e. The summed E-state index contributed by atoms with van der Waals surface area (Å²) in [5.74, 6) is 0. The summed E-state index contributed by atoms with van der Waals surface area (Å²) in [7, 11) is 0. The van der Waals surface area contributed by atoms with Crippen molar-refractivity contribution in [1.29, 1.82) is 0 Å². The van der Waals surface area contributed by atoms with Crippen molar-refractivity contribution in [3.05, 3.63) is 22.4 Å². The minimum atomic E-state index is 0.585. The molecule has 0 aliphatic carbocycles. The molecule has 0 spiro atoms. The highest BCUT2D eigenvalue weighted by atomic mass is 32.1. The Morgan fingerprint density at radius 2 is 2.12 bits per heavy atom. The highest BCUT2D eigenvalue weighted by Gasteiger charge is 2.17. The Morgan fingerprint density at radius 3 is 2.62 bits per heavy atom. The summed E-state index contributed by atoms with van der Waals surface area (Å²) in [4.78, 5) is 4.01. The van der Waals surface area contributed by atoms with Gasteiger partial charge in [0.1, 0.15) is 0 Å². The van der Waals surface area contributed by atoms with E-state index in [0.717, 1.165) is 19.6 Å². The molecule has 16 heavy (non-hydrogen) atoms. The van der Waals surface area contributed by atoms with E-state index in [1.165, 1.54) is 4.88 Å². The zero-order valence-electron chi connectivity index (χ0n) is 10.9. The second kappa shape index (κ2) is 7.05. The summed E-state index contributed by atoms with van der Waals surface area (Å²) in [5, 5.41) is 5.58. The Bertz CT molecular complexity index is 269. The van der Waals surface area contributed by atoms with Crippen LogP contribution in [0.1, 0.15) is 32.6 Å². The SMILES string of the molecule is CCNCC(C)N(Cc1cccs1)C(C)C. The maximum absolute atomic E-state index is 3.42. The molecule has 1 aromatic rings. The lowest BCUT2D eigenvalue weighted by molar-refractivity contribution is 0.154. The van der Waals surface area contributed by atoms with Gasteiger partial charge in [0.15, 0.2) is 0 Å². The highest BCUT2D eigenvalue weighted by molar-refractivity contribution is 7.09. The quantitative estimate of drug-likeness (QED) is 0.788. The van der Waals surface area contributed by atoms with Gasteiger partial charge in [-0.2, -0.15) is 0 Å². The van der Waals surface area contributed by atoms with E-state index in [1.54, 1.807) is 0 Å². The molecule has 0 saturated carbocycles. The zero-order valence-corrected chi connectivity index (χ0v) is 11.7. The van der Waals surface area contributed by atoms with Gasteiger partial charge >= 0.3 is 0 Å². The summed E-state index contributed by atoms with van der Waals surface area (Å²) < 4.78 is 0. The van der Waals surface area contributed by atoms with Crippen LogP contribution in [-0.2, 0) is 6.54 Å². The van der Waals surface area contributed by atoms with Gasteiger partial charge in [0, 0.05) is 30.1 Å². The van der Waals surface area contributed by atoms with Crippen molar-refractivity contribution < 1.29 is 0 Å². The van der Waals surface area contributed by atoms with Gasteiger partial charge in [-0.3, -0.25) is 4.90 Å². The molecule has 2 nitrogen and oxygen atoms in total. The van der Waals surface area contributed by atoms with Crippen LogP contribution in [0.2, 0.25) is 0 Å². The Labute approximate surface area is 104 Å². The summed E-state index contributed by atoms with van der Waals surface area (Å²) in [6, 6.07) is 5.53. The molecule has 0 amide bonds. The summed E-state index contributed by atoms with van der Waals surface area (Å²) in [6.07, 6.45) is 0. The first-order chi connectivity index (χ1) is 7.65. The van der Waals surface area contributed by atoms with Crippen LogP contribution >= 0.6 is 11.3 Å². The molecule has 1 unspecified atom stereocenters. The molecule has 0 aliphatic heterocycles. The van der Waals surface area contributed by atoms with Crippen molar-refractivity contribution in [3.8, 4) is 0 Å². The first kappa shape index (κ1) is 13.7. The average Bonchev–Trinajstić information content (AvgIpc) is 2.74. The fraction of sp³-hybridized carbons (Fsp3) is 0.692. The number of nitrogens with one attached hydrogen (secondary N) is 1. The Kier molecular flexibility index (Phi) is 6.03. The van der Waals surface area contributed by atoms with Gasteiger partial charge < -0.3 is 5.32 Å². The lowest BCUT2D eigenvalue weighted by Crippen LogP contribution is -2.43. The van der Waals surface area contributed by atoms with Gasteiger partial charge in [0.2, 0.25) is 0 Å². The molecule has 1 N–H and O–H groups in total. The van der Waals surface area contributed by atoms with Gasteiger partial charge in [-0.1, -0.05) is 13.0 Å². The van der Waals surface area contributed by atoms with Gasteiger partial charge in [-0.25, -0.2) is 0 Å². The molecule has 1 heterocycles. The lowest BCUT2D eigenvalue weighted by Gasteiger charge is -2.32. The van der Waals surface area contributed by atoms with E-state index in [9.17, 15) is 0 Å². The molecular weight excluding hydrogens is 216 g/mol. The maximum atomic E-state index is 3.42. The first-order valence-electron chi connectivity index (χ1n) is 6.14. The fourth-order valence-electron chi connectivity index (χ4n) is 1.90. The number of likely N-dealkylation sites (N-methyl/N-ethyl adjacent to an activating group) is 1. The van der Waals surface area contributed by atoms with Gasteiger partial charge in [-0.05, 0) is 38.8 Å². The van der Waals surface area contributed by atoms with Crippen molar-refractivity contribution in [3.63, 3.8) is 0 Å². The van der Waals surface area contributed by atoms with E-state index in [0.29, 0.717) is 12.1 Å². The van der Waals surface area contributed by atoms with Crippen LogP contribution in [0.25, 0.3) is 0 Å². The number of thiophene rings is 1. The molecule has 1 aromatic heterocycles. The topological polar surface area (TPSA) is 15.3 Å². The van der Waals surface area contributed by atoms with Crippen molar-refractivity contribution in [1.82, 2.24) is 10.2 Å². The Balaban J connectivity index is 2.53. The van der Waals surface area contributed by atoms with Crippen LogP contribution in [0.15, 0.2) is 17.5 Å². The summed E-state index contributed by atoms with van der Waals surface area (Å²) >= 11 is 1.85. The highest BCUT2D eigenvalue weighted by Crippen LogP contribution is 2.16. The van der Waals surface area contributed by atoms with Gasteiger partial charge in [0.05, 0.1) is 0 Å². The van der Waals surface area contributed by atoms with Crippen LogP contribution in [0.5, 0.6) is 0 Å². The third-order valence-electron chi connectivity index (χ3n) is 2.84. The lowest BCUT2D eigenvalue weighted by atomic mass is 10.2. The standard InChI is InChI=1S/C13H24N2S/c1-5-14-9-12(4)15(11(2)3)10-13-7-6-8-16-13/h6-8,11-12,14H,5,9-10H2,1-4H3. The van der Waals surface area contributed by atoms with E-state index in [2.05, 4.69) is 55.4 Å². The number of hydrogen-bond donors (Lipinski definition) is 1. The van der Waals surface area contributed by atoms with Crippen LogP contribution in [0.3, 0.4) is 0 Å². The molecule has 1 atom stereocenters. The van der Waals surface area contributed by atoms with Crippen molar-refractivity contribution >= 4 is 11.3 Å². The average molecular weight is 240 g/mol. The predicted octanol–water partition coefficient (Wildman–Crippen LogP) is 2.96. The number of hydrogen-bond acceptors (Lipinski definition) is 3. The van der Waals surface area contributed by atoms with E-state index in [1.807, 2.05) is 11.3 Å². The van der Waals surface area contributed by atoms with Crippen molar-refractivity contribution in [2.45, 2.75) is 46.3 Å². The van der Waals surface area contributed by atoms with Crippen LogP contribution in [-0.4, -0.2) is 30.1 Å². The van der Waals surface area contributed by atoms with Crippen LogP contribution in [0, 0.1) is 0 Å². The first-order valence-corrected chi connectivity index (χ1v) is 7.02. The van der Waals surface area contributed by atoms with Crippen molar-refractivity contribution in [2.75, 3.05) is 13.1 Å². The third-order valence-corrected chi connectivity index (χ3v) is 3.70. The third kappa shape index (κ3) is 4.24. The molecule has 0 aromatic carbocycles. The minimum absolute atomic E-state index is 0.585. The molecule has 1 rings (SSSR count). The zero-order chi connectivity index (χ0) is 12.0.